The van der Waals surface area contributed by atoms with Gasteiger partial charge in [-0.2, -0.15) is 0 Å². The normalized spacial score (nSPS) is 34.1. The Kier molecular flexibility index (Phi) is 8.38. The molecule has 1 aliphatic carbocycles. The van der Waals surface area contributed by atoms with Crippen LogP contribution in [0.25, 0.3) is 0 Å². The highest BCUT2D eigenvalue weighted by Gasteiger charge is 2.76. The van der Waals surface area contributed by atoms with Crippen LogP contribution in [0.1, 0.15) is 44.9 Å². The molecule has 2 bridgehead atoms. The Labute approximate surface area is 221 Å². The van der Waals surface area contributed by atoms with E-state index in [2.05, 4.69) is 29.1 Å². The smallest absolute Gasteiger partial charge is 0.247 e. The van der Waals surface area contributed by atoms with Crippen molar-refractivity contribution in [3.05, 3.63) is 25.3 Å². The van der Waals surface area contributed by atoms with E-state index in [-0.39, 0.29) is 40.4 Å². The van der Waals surface area contributed by atoms with Crippen LogP contribution in [-0.2, 0) is 14.4 Å². The summed E-state index contributed by atoms with van der Waals surface area (Å²) in [5, 5.41) is 9.50. The van der Waals surface area contributed by atoms with Crippen molar-refractivity contribution in [3.63, 3.8) is 0 Å². The standard InChI is InChI=1S/C26H38BrN3O4S/c1-4-12-28(3)23(32)19-20-24(33)30(14-9-15-31)22(26(20)16-18(27)21(19)35-26)25(34)29(13-5-2)17-10-7-6-8-11-17/h4-5,17-22,31H,1-2,6-16H2,3H3/t18?,19-,20+,21-,22?,26?/m1/s1. The highest BCUT2D eigenvalue weighted by molar-refractivity contribution is 9.09. The fourth-order valence-electron chi connectivity index (χ4n) is 6.82. The summed E-state index contributed by atoms with van der Waals surface area (Å²) in [6, 6.07) is -0.481. The van der Waals surface area contributed by atoms with Gasteiger partial charge in [-0.15, -0.1) is 24.9 Å². The Morgan fingerprint density at radius 3 is 2.51 bits per heavy atom. The number of likely N-dealkylation sites (N-methyl/N-ethyl adjacent to an activating group) is 1. The molecule has 7 nitrogen and oxygen atoms in total. The van der Waals surface area contributed by atoms with Crippen LogP contribution in [0.4, 0.5) is 0 Å². The predicted octanol–water partition coefficient (Wildman–Crippen LogP) is 2.83. The number of aliphatic hydroxyl groups excluding tert-OH is 1. The molecule has 4 rings (SSSR count). The molecular weight excluding hydrogens is 530 g/mol. The fourth-order valence-corrected chi connectivity index (χ4v) is 10.4. The van der Waals surface area contributed by atoms with Gasteiger partial charge in [0.1, 0.15) is 6.04 Å². The Balaban J connectivity index is 1.73. The van der Waals surface area contributed by atoms with Gasteiger partial charge in [-0.1, -0.05) is 47.3 Å². The number of thioether (sulfide) groups is 1. The van der Waals surface area contributed by atoms with Gasteiger partial charge in [0.2, 0.25) is 17.7 Å². The molecule has 3 aliphatic heterocycles. The van der Waals surface area contributed by atoms with E-state index in [1.54, 1.807) is 40.8 Å². The second-order valence-electron chi connectivity index (χ2n) is 10.4. The van der Waals surface area contributed by atoms with Gasteiger partial charge in [-0.05, 0) is 25.7 Å². The molecule has 3 amide bonds. The molecule has 4 fully saturated rings. The number of hydrogen-bond donors (Lipinski definition) is 1. The summed E-state index contributed by atoms with van der Waals surface area (Å²) in [5.74, 6) is -1.20. The molecule has 35 heavy (non-hydrogen) atoms. The number of likely N-dealkylation sites (tertiary alicyclic amines) is 1. The third kappa shape index (κ3) is 4.50. The Morgan fingerprint density at radius 1 is 1.20 bits per heavy atom. The largest absolute Gasteiger partial charge is 0.396 e. The van der Waals surface area contributed by atoms with Crippen molar-refractivity contribution in [1.82, 2.24) is 14.7 Å². The zero-order chi connectivity index (χ0) is 25.3. The topological polar surface area (TPSA) is 81.2 Å². The highest BCUT2D eigenvalue weighted by atomic mass is 79.9. The Hall–Kier alpha value is -1.32. The van der Waals surface area contributed by atoms with Gasteiger partial charge in [0.25, 0.3) is 0 Å². The second kappa shape index (κ2) is 11.0. The minimum absolute atomic E-state index is 0.0222. The van der Waals surface area contributed by atoms with E-state index < -0.39 is 22.6 Å². The maximum atomic E-state index is 14.4. The third-order valence-electron chi connectivity index (χ3n) is 8.27. The van der Waals surface area contributed by atoms with Crippen molar-refractivity contribution >= 4 is 45.4 Å². The molecule has 6 atom stereocenters. The van der Waals surface area contributed by atoms with Crippen LogP contribution >= 0.6 is 27.7 Å². The lowest BCUT2D eigenvalue weighted by Crippen LogP contribution is -2.57. The van der Waals surface area contributed by atoms with E-state index in [9.17, 15) is 19.5 Å². The molecule has 0 aromatic rings. The quantitative estimate of drug-likeness (QED) is 0.324. The number of rotatable bonds is 10. The summed E-state index contributed by atoms with van der Waals surface area (Å²) < 4.78 is -0.647. The number of nitrogens with zero attached hydrogens (tertiary/aromatic N) is 3. The van der Waals surface area contributed by atoms with Crippen LogP contribution in [0, 0.1) is 11.8 Å². The van der Waals surface area contributed by atoms with Crippen molar-refractivity contribution in [2.75, 3.05) is 33.3 Å². The number of carbonyl (C=O) groups excluding carboxylic acids is 3. The lowest BCUT2D eigenvalue weighted by atomic mass is 9.70. The minimum atomic E-state index is -0.647. The number of amides is 3. The highest BCUT2D eigenvalue weighted by Crippen LogP contribution is 2.68. The lowest BCUT2D eigenvalue weighted by molar-refractivity contribution is -0.145. The summed E-state index contributed by atoms with van der Waals surface area (Å²) in [5.41, 5.74) is 0. The average Bonchev–Trinajstić information content (AvgIpc) is 3.44. The molecule has 3 heterocycles. The second-order valence-corrected chi connectivity index (χ2v) is 13.1. The van der Waals surface area contributed by atoms with Crippen molar-refractivity contribution in [1.29, 1.82) is 0 Å². The first-order valence-electron chi connectivity index (χ1n) is 12.8. The molecule has 1 N–H and O–H groups in total. The van der Waals surface area contributed by atoms with E-state index in [0.29, 0.717) is 32.5 Å². The molecule has 194 valence electrons. The van der Waals surface area contributed by atoms with Crippen LogP contribution in [-0.4, -0.2) is 97.7 Å². The maximum absolute atomic E-state index is 14.4. The van der Waals surface area contributed by atoms with Crippen molar-refractivity contribution in [3.8, 4) is 0 Å². The van der Waals surface area contributed by atoms with Gasteiger partial charge in [0.15, 0.2) is 0 Å². The molecular formula is C26H38BrN3O4S. The average molecular weight is 569 g/mol. The van der Waals surface area contributed by atoms with Gasteiger partial charge in [0.05, 0.1) is 16.6 Å². The van der Waals surface area contributed by atoms with E-state index in [1.807, 2.05) is 4.90 Å². The van der Waals surface area contributed by atoms with Crippen LogP contribution in [0.3, 0.4) is 0 Å². The van der Waals surface area contributed by atoms with Gasteiger partial charge < -0.3 is 19.8 Å². The number of alkyl halides is 1. The minimum Gasteiger partial charge on any atom is -0.396 e. The van der Waals surface area contributed by atoms with Crippen molar-refractivity contribution in [2.24, 2.45) is 11.8 Å². The first kappa shape index (κ1) is 26.7. The summed E-state index contributed by atoms with van der Waals surface area (Å²) in [7, 11) is 1.75. The number of fused-ring (bicyclic) bond motifs is 1. The molecule has 0 aromatic heterocycles. The van der Waals surface area contributed by atoms with Crippen LogP contribution < -0.4 is 0 Å². The zero-order valence-corrected chi connectivity index (χ0v) is 23.0. The SMILES string of the molecule is C=CCN(C)C(=O)[C@H]1[C@@H]2SC3(CC2Br)C(C(=O)N(CC=C)C2CCCCC2)N(CCCO)C(=O)[C@H]13. The first-order valence-corrected chi connectivity index (χ1v) is 14.6. The van der Waals surface area contributed by atoms with E-state index in [0.717, 1.165) is 25.7 Å². The molecule has 9 heteroatoms. The van der Waals surface area contributed by atoms with Crippen LogP contribution in [0.2, 0.25) is 0 Å². The third-order valence-corrected chi connectivity index (χ3v) is 11.5. The fraction of sp³-hybridized carbons (Fsp3) is 0.731. The van der Waals surface area contributed by atoms with Gasteiger partial charge in [-0.25, -0.2) is 0 Å². The van der Waals surface area contributed by atoms with Crippen molar-refractivity contribution in [2.45, 2.75) is 71.9 Å². The Bertz CT molecular complexity index is 866. The van der Waals surface area contributed by atoms with E-state index in [1.165, 1.54) is 6.42 Å². The molecule has 1 spiro atoms. The van der Waals surface area contributed by atoms with Crippen LogP contribution in [0.15, 0.2) is 25.3 Å². The predicted molar refractivity (Wildman–Crippen MR) is 142 cm³/mol. The van der Waals surface area contributed by atoms with Gasteiger partial charge in [-0.3, -0.25) is 14.4 Å². The molecule has 3 saturated heterocycles. The van der Waals surface area contributed by atoms with E-state index in [4.69, 9.17) is 0 Å². The number of halogens is 1. The molecule has 0 aromatic carbocycles. The molecule has 4 aliphatic rings. The summed E-state index contributed by atoms with van der Waals surface area (Å²) >= 11 is 5.48. The number of carbonyl (C=O) groups is 3. The molecule has 3 unspecified atom stereocenters. The summed E-state index contributed by atoms with van der Waals surface area (Å²) in [4.78, 5) is 47.3. The maximum Gasteiger partial charge on any atom is 0.247 e. The van der Waals surface area contributed by atoms with Gasteiger partial charge >= 0.3 is 0 Å². The first-order chi connectivity index (χ1) is 16.8. The Morgan fingerprint density at radius 2 is 1.89 bits per heavy atom. The monoisotopic (exact) mass is 567 g/mol. The van der Waals surface area contributed by atoms with Crippen LogP contribution in [0.5, 0.6) is 0 Å². The lowest BCUT2D eigenvalue weighted by Gasteiger charge is -2.41. The van der Waals surface area contributed by atoms with Crippen molar-refractivity contribution < 1.29 is 19.5 Å². The number of hydrogen-bond acceptors (Lipinski definition) is 5. The number of aliphatic hydroxyl groups is 1. The van der Waals surface area contributed by atoms with E-state index >= 15 is 0 Å². The summed E-state index contributed by atoms with van der Waals surface area (Å²) in [6.07, 6.45) is 9.87. The summed E-state index contributed by atoms with van der Waals surface area (Å²) in [6.45, 7) is 8.79. The zero-order valence-electron chi connectivity index (χ0n) is 20.6. The van der Waals surface area contributed by atoms with Gasteiger partial charge in [0, 0.05) is 49.4 Å². The molecule has 1 saturated carbocycles. The molecule has 0 radical (unpaired) electrons.